The molecule has 0 amide bonds. The van der Waals surface area contributed by atoms with Crippen LogP contribution in [0.25, 0.3) is 0 Å². The highest BCUT2D eigenvalue weighted by Crippen LogP contribution is 2.31. The maximum absolute atomic E-state index is 10.9. The van der Waals surface area contributed by atoms with Gasteiger partial charge in [0.05, 0.1) is 6.21 Å². The fraction of sp³-hybridized carbons (Fsp3) is 0.111. The van der Waals surface area contributed by atoms with E-state index in [0.717, 1.165) is 0 Å². The van der Waals surface area contributed by atoms with Crippen LogP contribution in [0.2, 0.25) is 0 Å². The van der Waals surface area contributed by atoms with Gasteiger partial charge in [-0.1, -0.05) is 0 Å². The van der Waals surface area contributed by atoms with Crippen molar-refractivity contribution in [2.75, 3.05) is 6.79 Å². The molecule has 2 rings (SSSR count). The summed E-state index contributed by atoms with van der Waals surface area (Å²) in [4.78, 5) is 0.130. The molecule has 1 heterocycles. The van der Waals surface area contributed by atoms with Crippen LogP contribution in [-0.4, -0.2) is 23.8 Å². The molecule has 1 aromatic carbocycles. The standard InChI is InChI=1S/C9H10N4O3/c10-9(11)13(14)12-4-6-1-2-7-8(3-6)16-5-15-7/h1-4H,5,10-11H2/b12-4+. The van der Waals surface area contributed by atoms with Crippen LogP contribution in [0.1, 0.15) is 5.56 Å². The zero-order chi connectivity index (χ0) is 11.5. The number of hydrazone groups is 1. The van der Waals surface area contributed by atoms with E-state index < -0.39 is 5.96 Å². The van der Waals surface area contributed by atoms with Crippen molar-refractivity contribution in [3.05, 3.63) is 29.0 Å². The summed E-state index contributed by atoms with van der Waals surface area (Å²) in [7, 11) is 0. The predicted molar refractivity (Wildman–Crippen MR) is 57.2 cm³/mol. The summed E-state index contributed by atoms with van der Waals surface area (Å²) in [5.41, 5.74) is 10.8. The van der Waals surface area contributed by atoms with E-state index >= 15 is 0 Å². The first-order valence-electron chi connectivity index (χ1n) is 4.45. The average Bonchev–Trinajstić information content (AvgIpc) is 2.72. The molecule has 7 heteroatoms. The minimum absolute atomic E-state index is 0.130. The van der Waals surface area contributed by atoms with Crippen molar-refractivity contribution in [1.82, 2.24) is 0 Å². The Balaban J connectivity index is 2.20. The number of nitrogens with zero attached hydrogens (tertiary/aromatic N) is 2. The molecule has 0 saturated carbocycles. The molecule has 0 atom stereocenters. The highest BCUT2D eigenvalue weighted by molar-refractivity contribution is 5.81. The summed E-state index contributed by atoms with van der Waals surface area (Å²) in [5.74, 6) is 0.865. The molecular formula is C9H10N4O3. The Bertz CT molecular complexity index is 466. The SMILES string of the molecule is NC(N)=[N+]([O-])/N=C/c1ccc2c(c1)OCO2. The summed E-state index contributed by atoms with van der Waals surface area (Å²) in [5, 5.41) is 14.4. The van der Waals surface area contributed by atoms with E-state index in [9.17, 15) is 5.21 Å². The third-order valence-electron chi connectivity index (χ3n) is 1.93. The molecule has 7 nitrogen and oxygen atoms in total. The van der Waals surface area contributed by atoms with Crippen molar-refractivity contribution in [3.8, 4) is 11.5 Å². The first-order chi connectivity index (χ1) is 7.66. The van der Waals surface area contributed by atoms with Gasteiger partial charge in [-0.2, -0.15) is 0 Å². The predicted octanol–water partition coefficient (Wildman–Crippen LogP) is -0.467. The van der Waals surface area contributed by atoms with E-state index in [0.29, 0.717) is 17.1 Å². The molecule has 1 aliphatic heterocycles. The molecule has 0 radical (unpaired) electrons. The van der Waals surface area contributed by atoms with Crippen molar-refractivity contribution >= 4 is 12.2 Å². The molecule has 4 N–H and O–H groups in total. The summed E-state index contributed by atoms with van der Waals surface area (Å²) < 4.78 is 10.3. The van der Waals surface area contributed by atoms with Gasteiger partial charge in [-0.25, -0.2) is 0 Å². The van der Waals surface area contributed by atoms with Gasteiger partial charge >= 0.3 is 5.96 Å². The van der Waals surface area contributed by atoms with Crippen molar-refractivity contribution in [2.45, 2.75) is 0 Å². The zero-order valence-electron chi connectivity index (χ0n) is 8.29. The highest BCUT2D eigenvalue weighted by Gasteiger charge is 2.12. The van der Waals surface area contributed by atoms with Crippen molar-refractivity contribution in [3.63, 3.8) is 0 Å². The molecule has 0 unspecified atom stereocenters. The molecule has 0 aromatic heterocycles. The van der Waals surface area contributed by atoms with E-state index in [4.69, 9.17) is 20.9 Å². The molecule has 0 saturated heterocycles. The van der Waals surface area contributed by atoms with E-state index in [1.165, 1.54) is 6.21 Å². The van der Waals surface area contributed by atoms with Crippen molar-refractivity contribution in [1.29, 1.82) is 0 Å². The minimum Gasteiger partial charge on any atom is -0.722 e. The van der Waals surface area contributed by atoms with Crippen LogP contribution in [0.15, 0.2) is 23.3 Å². The summed E-state index contributed by atoms with van der Waals surface area (Å²) in [6, 6.07) is 5.16. The second-order valence-corrected chi connectivity index (χ2v) is 3.06. The summed E-state index contributed by atoms with van der Waals surface area (Å²) in [6.45, 7) is 0.202. The Morgan fingerprint density at radius 2 is 2.12 bits per heavy atom. The van der Waals surface area contributed by atoms with Gasteiger partial charge in [-0.15, -0.1) is 9.95 Å². The minimum atomic E-state index is -0.419. The molecular weight excluding hydrogens is 212 g/mol. The Morgan fingerprint density at radius 3 is 2.88 bits per heavy atom. The van der Waals surface area contributed by atoms with Gasteiger partial charge in [0.25, 0.3) is 0 Å². The van der Waals surface area contributed by atoms with Crippen LogP contribution in [0.5, 0.6) is 11.5 Å². The molecule has 0 bridgehead atoms. The van der Waals surface area contributed by atoms with Gasteiger partial charge in [-0.3, -0.25) is 11.5 Å². The lowest BCUT2D eigenvalue weighted by molar-refractivity contribution is -0.463. The molecule has 0 aliphatic carbocycles. The number of hydrogen-bond acceptors (Lipinski definition) is 4. The van der Waals surface area contributed by atoms with Gasteiger partial charge in [0, 0.05) is 0 Å². The first kappa shape index (κ1) is 10.1. The Hall–Kier alpha value is -2.44. The average molecular weight is 222 g/mol. The third-order valence-corrected chi connectivity index (χ3v) is 1.93. The number of hydrogen-bond donors (Lipinski definition) is 2. The van der Waals surface area contributed by atoms with Gasteiger partial charge in [0.15, 0.2) is 11.5 Å². The topological polar surface area (TPSA) is 109 Å². The molecule has 1 aromatic rings. The van der Waals surface area contributed by atoms with E-state index in [1.807, 2.05) is 0 Å². The second kappa shape index (κ2) is 3.97. The smallest absolute Gasteiger partial charge is 0.366 e. The van der Waals surface area contributed by atoms with E-state index in [2.05, 4.69) is 5.10 Å². The number of rotatable bonds is 2. The maximum atomic E-state index is 10.9. The van der Waals surface area contributed by atoms with E-state index in [-0.39, 0.29) is 11.6 Å². The fourth-order valence-electron chi connectivity index (χ4n) is 1.18. The van der Waals surface area contributed by atoms with Gasteiger partial charge < -0.3 is 14.7 Å². The summed E-state index contributed by atoms with van der Waals surface area (Å²) in [6.07, 6.45) is 1.33. The highest BCUT2D eigenvalue weighted by atomic mass is 16.7. The second-order valence-electron chi connectivity index (χ2n) is 3.06. The van der Waals surface area contributed by atoms with Gasteiger partial charge in [0.2, 0.25) is 6.79 Å². The van der Waals surface area contributed by atoms with Crippen LogP contribution in [0.3, 0.4) is 0 Å². The number of guanidine groups is 1. The van der Waals surface area contributed by atoms with Crippen LogP contribution >= 0.6 is 0 Å². The quantitative estimate of drug-likeness (QED) is 0.231. The van der Waals surface area contributed by atoms with Gasteiger partial charge in [-0.05, 0) is 23.8 Å². The summed E-state index contributed by atoms with van der Waals surface area (Å²) >= 11 is 0. The normalized spacial score (nSPS) is 13.0. The molecule has 0 spiro atoms. The molecule has 16 heavy (non-hydrogen) atoms. The lowest BCUT2D eigenvalue weighted by Gasteiger charge is -2.02. The lowest BCUT2D eigenvalue weighted by Crippen LogP contribution is -2.30. The van der Waals surface area contributed by atoms with Crippen LogP contribution in [0.4, 0.5) is 0 Å². The number of ether oxygens (including phenoxy) is 2. The van der Waals surface area contributed by atoms with Crippen molar-refractivity contribution < 1.29 is 14.3 Å². The van der Waals surface area contributed by atoms with E-state index in [1.54, 1.807) is 18.2 Å². The lowest BCUT2D eigenvalue weighted by atomic mass is 10.2. The van der Waals surface area contributed by atoms with Crippen LogP contribution in [-0.2, 0) is 0 Å². The first-order valence-corrected chi connectivity index (χ1v) is 4.45. The van der Waals surface area contributed by atoms with Crippen molar-refractivity contribution in [2.24, 2.45) is 16.6 Å². The number of nitrogens with two attached hydrogens (primary N) is 2. The van der Waals surface area contributed by atoms with Gasteiger partial charge in [0.1, 0.15) is 0 Å². The largest absolute Gasteiger partial charge is 0.722 e. The number of fused-ring (bicyclic) bond motifs is 1. The molecule has 0 fully saturated rings. The Morgan fingerprint density at radius 1 is 1.38 bits per heavy atom. The maximum Gasteiger partial charge on any atom is 0.366 e. The molecule has 84 valence electrons. The third kappa shape index (κ3) is 1.97. The fourth-order valence-corrected chi connectivity index (χ4v) is 1.18. The zero-order valence-corrected chi connectivity index (χ0v) is 8.29. The van der Waals surface area contributed by atoms with Crippen LogP contribution in [0, 0.1) is 5.21 Å². The Kier molecular flexibility index (Phi) is 2.50. The van der Waals surface area contributed by atoms with Crippen LogP contribution < -0.4 is 20.9 Å². The number of benzene rings is 1. The monoisotopic (exact) mass is 222 g/mol. The Labute approximate surface area is 91.1 Å². The molecule has 1 aliphatic rings.